The second-order valence-electron chi connectivity index (χ2n) is 7.11. The van der Waals surface area contributed by atoms with Crippen LogP contribution in [0.25, 0.3) is 11.4 Å². The molecule has 2 fully saturated rings. The molecule has 1 amide bonds. The number of carbonyl (C=O) groups is 1. The van der Waals surface area contributed by atoms with Gasteiger partial charge in [0, 0.05) is 37.8 Å². The zero-order valence-electron chi connectivity index (χ0n) is 15.6. The van der Waals surface area contributed by atoms with Gasteiger partial charge in [0.1, 0.15) is 11.5 Å². The molecule has 27 heavy (non-hydrogen) atoms. The molecular weight excluding hydrogens is 340 g/mol. The second-order valence-corrected chi connectivity index (χ2v) is 7.11. The number of benzene rings is 1. The van der Waals surface area contributed by atoms with Crippen molar-refractivity contribution in [1.82, 2.24) is 14.9 Å². The second kappa shape index (κ2) is 8.48. The Labute approximate surface area is 160 Å². The lowest BCUT2D eigenvalue weighted by atomic mass is 10.2. The third-order valence-corrected chi connectivity index (χ3v) is 5.19. The number of rotatable bonds is 3. The van der Waals surface area contributed by atoms with E-state index in [0.717, 1.165) is 50.4 Å². The summed E-state index contributed by atoms with van der Waals surface area (Å²) < 4.78 is 5.46. The van der Waals surface area contributed by atoms with Crippen molar-refractivity contribution in [2.75, 3.05) is 44.3 Å². The van der Waals surface area contributed by atoms with Gasteiger partial charge in [-0.15, -0.1) is 0 Å². The minimum atomic E-state index is 0.0194. The summed E-state index contributed by atoms with van der Waals surface area (Å²) in [4.78, 5) is 26.7. The Morgan fingerprint density at radius 2 is 1.59 bits per heavy atom. The molecule has 0 radical (unpaired) electrons. The van der Waals surface area contributed by atoms with Gasteiger partial charge in [0.15, 0.2) is 5.82 Å². The highest BCUT2D eigenvalue weighted by molar-refractivity contribution is 5.93. The summed E-state index contributed by atoms with van der Waals surface area (Å²) in [5.41, 5.74) is 1.42. The van der Waals surface area contributed by atoms with Crippen molar-refractivity contribution in [2.24, 2.45) is 0 Å². The van der Waals surface area contributed by atoms with Gasteiger partial charge in [0.2, 0.25) is 0 Å². The van der Waals surface area contributed by atoms with Crippen LogP contribution in [0.4, 0.5) is 5.82 Å². The monoisotopic (exact) mass is 366 g/mol. The standard InChI is InChI=1S/C21H26N4O2/c26-21(25-10-6-1-2-7-11-25)18-16-19(24-12-14-27-15-13-24)23-20(22-18)17-8-4-3-5-9-17/h3-5,8-9,16H,1-2,6-7,10-15H2. The number of ether oxygens (including phenoxy) is 1. The number of amides is 1. The molecule has 2 aliphatic rings. The van der Waals surface area contributed by atoms with E-state index in [0.29, 0.717) is 24.7 Å². The van der Waals surface area contributed by atoms with Crippen LogP contribution in [0.3, 0.4) is 0 Å². The van der Waals surface area contributed by atoms with Gasteiger partial charge in [-0.3, -0.25) is 4.79 Å². The number of aromatic nitrogens is 2. The van der Waals surface area contributed by atoms with Crippen molar-refractivity contribution in [3.8, 4) is 11.4 Å². The average Bonchev–Trinajstić information content (AvgIpc) is 3.04. The summed E-state index contributed by atoms with van der Waals surface area (Å²) in [5, 5.41) is 0. The third kappa shape index (κ3) is 4.27. The molecule has 0 aliphatic carbocycles. The molecule has 1 aromatic carbocycles. The largest absolute Gasteiger partial charge is 0.378 e. The topological polar surface area (TPSA) is 58.6 Å². The quantitative estimate of drug-likeness (QED) is 0.836. The maximum absolute atomic E-state index is 13.2. The van der Waals surface area contributed by atoms with Gasteiger partial charge in [0.05, 0.1) is 13.2 Å². The predicted octanol–water partition coefficient (Wildman–Crippen LogP) is 3.00. The Kier molecular flexibility index (Phi) is 5.63. The lowest BCUT2D eigenvalue weighted by molar-refractivity contribution is 0.0755. The van der Waals surface area contributed by atoms with Gasteiger partial charge in [0.25, 0.3) is 5.91 Å². The molecule has 2 saturated heterocycles. The number of morpholine rings is 1. The molecule has 1 aromatic heterocycles. The van der Waals surface area contributed by atoms with Crippen molar-refractivity contribution >= 4 is 11.7 Å². The molecule has 3 heterocycles. The molecule has 0 unspecified atom stereocenters. The third-order valence-electron chi connectivity index (χ3n) is 5.19. The smallest absolute Gasteiger partial charge is 0.272 e. The summed E-state index contributed by atoms with van der Waals surface area (Å²) in [7, 11) is 0. The molecule has 0 bridgehead atoms. The van der Waals surface area contributed by atoms with Crippen LogP contribution in [0.2, 0.25) is 0 Å². The summed E-state index contributed by atoms with van der Waals surface area (Å²) >= 11 is 0. The summed E-state index contributed by atoms with van der Waals surface area (Å²) in [6.07, 6.45) is 4.53. The van der Waals surface area contributed by atoms with Crippen molar-refractivity contribution in [1.29, 1.82) is 0 Å². The van der Waals surface area contributed by atoms with Gasteiger partial charge in [-0.2, -0.15) is 0 Å². The maximum atomic E-state index is 13.2. The Morgan fingerprint density at radius 3 is 2.30 bits per heavy atom. The lowest BCUT2D eigenvalue weighted by Gasteiger charge is -2.28. The molecule has 4 rings (SSSR count). The molecule has 2 aliphatic heterocycles. The van der Waals surface area contributed by atoms with E-state index in [2.05, 4.69) is 9.88 Å². The maximum Gasteiger partial charge on any atom is 0.272 e. The van der Waals surface area contributed by atoms with E-state index >= 15 is 0 Å². The molecule has 0 N–H and O–H groups in total. The van der Waals surface area contributed by atoms with Gasteiger partial charge < -0.3 is 14.5 Å². The van der Waals surface area contributed by atoms with Crippen LogP contribution in [0, 0.1) is 0 Å². The normalized spacial score (nSPS) is 18.2. The number of hydrogen-bond acceptors (Lipinski definition) is 5. The van der Waals surface area contributed by atoms with Crippen molar-refractivity contribution in [2.45, 2.75) is 25.7 Å². The Balaban J connectivity index is 1.69. The summed E-state index contributed by atoms with van der Waals surface area (Å²) in [5.74, 6) is 1.44. The molecule has 142 valence electrons. The average molecular weight is 366 g/mol. The summed E-state index contributed by atoms with van der Waals surface area (Å²) in [6, 6.07) is 11.7. The first-order chi connectivity index (χ1) is 13.3. The van der Waals surface area contributed by atoms with Crippen LogP contribution in [0.15, 0.2) is 36.4 Å². The fraction of sp³-hybridized carbons (Fsp3) is 0.476. The molecule has 6 nitrogen and oxygen atoms in total. The van der Waals surface area contributed by atoms with Gasteiger partial charge in [-0.05, 0) is 12.8 Å². The number of carbonyl (C=O) groups excluding carboxylic acids is 1. The van der Waals surface area contributed by atoms with Gasteiger partial charge >= 0.3 is 0 Å². The van der Waals surface area contributed by atoms with E-state index in [1.54, 1.807) is 0 Å². The molecule has 6 heteroatoms. The van der Waals surface area contributed by atoms with E-state index in [-0.39, 0.29) is 5.91 Å². The van der Waals surface area contributed by atoms with Gasteiger partial charge in [-0.25, -0.2) is 9.97 Å². The number of likely N-dealkylation sites (tertiary alicyclic amines) is 1. The minimum Gasteiger partial charge on any atom is -0.378 e. The van der Waals surface area contributed by atoms with Crippen LogP contribution in [-0.2, 0) is 4.74 Å². The van der Waals surface area contributed by atoms with E-state index in [4.69, 9.17) is 9.72 Å². The van der Waals surface area contributed by atoms with Crippen LogP contribution in [0.5, 0.6) is 0 Å². The van der Waals surface area contributed by atoms with Crippen molar-refractivity contribution < 1.29 is 9.53 Å². The molecular formula is C21H26N4O2. The Hall–Kier alpha value is -2.47. The number of hydrogen-bond donors (Lipinski definition) is 0. The van der Waals surface area contributed by atoms with Crippen LogP contribution >= 0.6 is 0 Å². The number of anilines is 1. The lowest BCUT2D eigenvalue weighted by Crippen LogP contribution is -2.37. The molecule has 2 aromatic rings. The molecule has 0 saturated carbocycles. The predicted molar refractivity (Wildman–Crippen MR) is 105 cm³/mol. The van der Waals surface area contributed by atoms with E-state index in [1.165, 1.54) is 12.8 Å². The van der Waals surface area contributed by atoms with Crippen LogP contribution < -0.4 is 4.90 Å². The van der Waals surface area contributed by atoms with Crippen LogP contribution in [-0.4, -0.2) is 60.2 Å². The fourth-order valence-electron chi connectivity index (χ4n) is 3.65. The summed E-state index contributed by atoms with van der Waals surface area (Å²) in [6.45, 7) is 4.55. The first-order valence-corrected chi connectivity index (χ1v) is 9.88. The molecule has 0 spiro atoms. The number of nitrogens with zero attached hydrogens (tertiary/aromatic N) is 4. The zero-order valence-corrected chi connectivity index (χ0v) is 15.6. The van der Waals surface area contributed by atoms with Crippen LogP contribution in [0.1, 0.15) is 36.2 Å². The SMILES string of the molecule is O=C(c1cc(N2CCOCC2)nc(-c2ccccc2)n1)N1CCCCCC1. The molecule has 0 atom stereocenters. The first-order valence-electron chi connectivity index (χ1n) is 9.88. The highest BCUT2D eigenvalue weighted by atomic mass is 16.5. The van der Waals surface area contributed by atoms with Crippen molar-refractivity contribution in [3.63, 3.8) is 0 Å². The Bertz CT molecular complexity index is 767. The van der Waals surface area contributed by atoms with E-state index < -0.39 is 0 Å². The van der Waals surface area contributed by atoms with E-state index in [9.17, 15) is 4.79 Å². The minimum absolute atomic E-state index is 0.0194. The first kappa shape index (κ1) is 17.9. The fourth-order valence-corrected chi connectivity index (χ4v) is 3.65. The van der Waals surface area contributed by atoms with Crippen molar-refractivity contribution in [3.05, 3.63) is 42.1 Å². The Morgan fingerprint density at radius 1 is 0.889 bits per heavy atom. The highest BCUT2D eigenvalue weighted by Crippen LogP contribution is 2.22. The van der Waals surface area contributed by atoms with E-state index in [1.807, 2.05) is 41.3 Å². The highest BCUT2D eigenvalue weighted by Gasteiger charge is 2.22. The zero-order chi connectivity index (χ0) is 18.5. The van der Waals surface area contributed by atoms with Gasteiger partial charge in [-0.1, -0.05) is 43.2 Å².